The van der Waals surface area contributed by atoms with Gasteiger partial charge in [-0.25, -0.2) is 0 Å². The largest absolute Gasteiger partial charge is 0.391 e. The van der Waals surface area contributed by atoms with Crippen molar-refractivity contribution in [2.45, 2.75) is 37.5 Å². The van der Waals surface area contributed by atoms with Crippen LogP contribution in [0.15, 0.2) is 17.4 Å². The normalized spacial score (nSPS) is 25.4. The molecule has 0 aliphatic carbocycles. The number of rotatable bonds is 2. The standard InChI is InChI=1S/C12H17F3N6.HI/c13-12(14,15)6-9-7-16-11(19-9)20-5-1-2-10(8-20)21-17-3-4-18-21;/h3-4,9-10H,1-2,5-8H2,(H,16,19);1H. The van der Waals surface area contributed by atoms with Crippen molar-refractivity contribution in [2.24, 2.45) is 4.99 Å². The fraction of sp³-hybridized carbons (Fsp3) is 0.750. The van der Waals surface area contributed by atoms with E-state index in [2.05, 4.69) is 20.5 Å². The van der Waals surface area contributed by atoms with Gasteiger partial charge in [0.15, 0.2) is 5.96 Å². The summed E-state index contributed by atoms with van der Waals surface area (Å²) in [6.07, 6.45) is 0.151. The molecule has 1 aromatic heterocycles. The average molecular weight is 430 g/mol. The summed E-state index contributed by atoms with van der Waals surface area (Å²) in [7, 11) is 0. The Morgan fingerprint density at radius 2 is 2.00 bits per heavy atom. The van der Waals surface area contributed by atoms with Crippen molar-refractivity contribution in [1.82, 2.24) is 25.2 Å². The first-order valence-corrected chi connectivity index (χ1v) is 7.00. The maximum atomic E-state index is 12.4. The van der Waals surface area contributed by atoms with Gasteiger partial charge >= 0.3 is 6.18 Å². The molecule has 0 spiro atoms. The van der Waals surface area contributed by atoms with E-state index in [0.717, 1.165) is 19.4 Å². The summed E-state index contributed by atoms with van der Waals surface area (Å²) in [5.41, 5.74) is 0. The number of alkyl halides is 3. The molecule has 22 heavy (non-hydrogen) atoms. The second-order valence-electron chi connectivity index (χ2n) is 5.42. The minimum atomic E-state index is -4.16. The molecule has 10 heteroatoms. The second-order valence-corrected chi connectivity index (χ2v) is 5.42. The molecule has 6 nitrogen and oxygen atoms in total. The number of aromatic nitrogens is 3. The third-order valence-corrected chi connectivity index (χ3v) is 3.73. The highest BCUT2D eigenvalue weighted by atomic mass is 127. The van der Waals surface area contributed by atoms with E-state index in [-0.39, 0.29) is 36.6 Å². The Kier molecular flexibility index (Phi) is 5.50. The SMILES string of the molecule is FC(F)(F)CC1CN=C(N2CCCC(n3nccn3)C2)N1.I. The Balaban J connectivity index is 0.00000176. The highest BCUT2D eigenvalue weighted by Crippen LogP contribution is 2.24. The molecule has 2 aliphatic rings. The van der Waals surface area contributed by atoms with Gasteiger partial charge in [0, 0.05) is 13.1 Å². The molecule has 124 valence electrons. The molecule has 2 unspecified atom stereocenters. The lowest BCUT2D eigenvalue weighted by atomic mass is 10.1. The fourth-order valence-electron chi connectivity index (χ4n) is 2.81. The van der Waals surface area contributed by atoms with E-state index in [1.807, 2.05) is 4.90 Å². The van der Waals surface area contributed by atoms with Gasteiger partial charge in [-0.3, -0.25) is 4.99 Å². The van der Waals surface area contributed by atoms with E-state index >= 15 is 0 Å². The fourth-order valence-corrected chi connectivity index (χ4v) is 2.81. The number of nitrogens with zero attached hydrogens (tertiary/aromatic N) is 5. The van der Waals surface area contributed by atoms with Crippen LogP contribution < -0.4 is 5.32 Å². The Labute approximate surface area is 143 Å². The van der Waals surface area contributed by atoms with E-state index in [9.17, 15) is 13.2 Å². The summed E-state index contributed by atoms with van der Waals surface area (Å²) in [4.78, 5) is 7.88. The molecule has 1 saturated heterocycles. The van der Waals surface area contributed by atoms with Crippen LogP contribution in [0.5, 0.6) is 0 Å². The number of nitrogens with one attached hydrogen (secondary N) is 1. The zero-order valence-electron chi connectivity index (χ0n) is 11.8. The van der Waals surface area contributed by atoms with Crippen LogP contribution in [-0.2, 0) is 0 Å². The molecule has 1 N–H and O–H groups in total. The Hall–Kier alpha value is -1.07. The van der Waals surface area contributed by atoms with Gasteiger partial charge < -0.3 is 10.2 Å². The summed E-state index contributed by atoms with van der Waals surface area (Å²) in [5.74, 6) is 0.570. The lowest BCUT2D eigenvalue weighted by Crippen LogP contribution is -2.48. The van der Waals surface area contributed by atoms with E-state index in [4.69, 9.17) is 0 Å². The maximum absolute atomic E-state index is 12.4. The third kappa shape index (κ3) is 4.23. The van der Waals surface area contributed by atoms with Crippen molar-refractivity contribution in [3.8, 4) is 0 Å². The maximum Gasteiger partial charge on any atom is 0.391 e. The van der Waals surface area contributed by atoms with Crippen LogP contribution >= 0.6 is 24.0 Å². The van der Waals surface area contributed by atoms with Crippen molar-refractivity contribution < 1.29 is 13.2 Å². The van der Waals surface area contributed by atoms with Crippen molar-refractivity contribution >= 4 is 29.9 Å². The number of piperidine rings is 1. The highest BCUT2D eigenvalue weighted by molar-refractivity contribution is 14.0. The zero-order chi connectivity index (χ0) is 14.9. The smallest absolute Gasteiger partial charge is 0.351 e. The molecule has 1 aromatic rings. The molecule has 1 fully saturated rings. The van der Waals surface area contributed by atoms with Crippen molar-refractivity contribution in [3.05, 3.63) is 12.4 Å². The van der Waals surface area contributed by atoms with Gasteiger partial charge in [-0.05, 0) is 12.8 Å². The molecule has 2 aliphatic heterocycles. The second kappa shape index (κ2) is 7.01. The molecule has 0 saturated carbocycles. The number of hydrogen-bond donors (Lipinski definition) is 1. The molecular formula is C12H18F3IN6. The van der Waals surface area contributed by atoms with Crippen LogP contribution in [-0.4, -0.2) is 57.7 Å². The first-order valence-electron chi connectivity index (χ1n) is 7.00. The van der Waals surface area contributed by atoms with Gasteiger partial charge in [-0.15, -0.1) is 24.0 Å². The molecule has 0 radical (unpaired) electrons. The molecular weight excluding hydrogens is 412 g/mol. The van der Waals surface area contributed by atoms with Crippen molar-refractivity contribution in [2.75, 3.05) is 19.6 Å². The first-order chi connectivity index (χ1) is 10.0. The van der Waals surface area contributed by atoms with Crippen LogP contribution in [0.2, 0.25) is 0 Å². The van der Waals surface area contributed by atoms with E-state index in [0.29, 0.717) is 12.5 Å². The number of halogens is 4. The van der Waals surface area contributed by atoms with Crippen LogP contribution in [0, 0.1) is 0 Å². The van der Waals surface area contributed by atoms with Gasteiger partial charge in [0.25, 0.3) is 0 Å². The van der Waals surface area contributed by atoms with Gasteiger partial charge in [0.1, 0.15) is 0 Å². The third-order valence-electron chi connectivity index (χ3n) is 3.73. The zero-order valence-corrected chi connectivity index (χ0v) is 14.2. The average Bonchev–Trinajstić information content (AvgIpc) is 3.08. The van der Waals surface area contributed by atoms with Gasteiger partial charge in [-0.2, -0.15) is 28.2 Å². The topological polar surface area (TPSA) is 58.3 Å². The molecule has 0 amide bonds. The summed E-state index contributed by atoms with van der Waals surface area (Å²) in [6, 6.07) is -0.511. The Morgan fingerprint density at radius 1 is 1.27 bits per heavy atom. The number of hydrogen-bond acceptors (Lipinski definition) is 5. The van der Waals surface area contributed by atoms with Crippen LogP contribution in [0.3, 0.4) is 0 Å². The predicted octanol–water partition coefficient (Wildman–Crippen LogP) is 1.81. The highest BCUT2D eigenvalue weighted by Gasteiger charge is 2.35. The van der Waals surface area contributed by atoms with Crippen LogP contribution in [0.4, 0.5) is 13.2 Å². The Bertz CT molecular complexity index is 503. The van der Waals surface area contributed by atoms with E-state index < -0.39 is 18.6 Å². The van der Waals surface area contributed by atoms with E-state index in [1.165, 1.54) is 0 Å². The molecule has 3 rings (SSSR count). The van der Waals surface area contributed by atoms with Crippen molar-refractivity contribution in [1.29, 1.82) is 0 Å². The van der Waals surface area contributed by atoms with Gasteiger partial charge in [0.05, 0.1) is 37.4 Å². The number of aliphatic imine (C=N–C) groups is 1. The van der Waals surface area contributed by atoms with Crippen LogP contribution in [0.25, 0.3) is 0 Å². The summed E-state index contributed by atoms with van der Waals surface area (Å²) < 4.78 is 37.2. The lowest BCUT2D eigenvalue weighted by molar-refractivity contribution is -0.138. The minimum absolute atomic E-state index is 0. The molecule has 0 aromatic carbocycles. The quantitative estimate of drug-likeness (QED) is 0.728. The number of guanidine groups is 1. The van der Waals surface area contributed by atoms with Crippen molar-refractivity contribution in [3.63, 3.8) is 0 Å². The number of likely N-dealkylation sites (tertiary alicyclic amines) is 1. The van der Waals surface area contributed by atoms with E-state index in [1.54, 1.807) is 17.2 Å². The Morgan fingerprint density at radius 3 is 2.68 bits per heavy atom. The summed E-state index contributed by atoms with van der Waals surface area (Å²) >= 11 is 0. The summed E-state index contributed by atoms with van der Waals surface area (Å²) in [5, 5.41) is 11.2. The predicted molar refractivity (Wildman–Crippen MR) is 85.2 cm³/mol. The molecule has 2 atom stereocenters. The summed E-state index contributed by atoms with van der Waals surface area (Å²) in [6.45, 7) is 1.64. The molecule has 0 bridgehead atoms. The minimum Gasteiger partial charge on any atom is -0.351 e. The van der Waals surface area contributed by atoms with Gasteiger partial charge in [-0.1, -0.05) is 0 Å². The lowest BCUT2D eigenvalue weighted by Gasteiger charge is -2.33. The monoisotopic (exact) mass is 430 g/mol. The van der Waals surface area contributed by atoms with Gasteiger partial charge in [0.2, 0.25) is 0 Å². The first kappa shape index (κ1) is 17.3. The van der Waals surface area contributed by atoms with Crippen LogP contribution in [0.1, 0.15) is 25.3 Å². The molecule has 3 heterocycles.